The van der Waals surface area contributed by atoms with Crippen molar-refractivity contribution < 1.29 is 18.8 Å². The van der Waals surface area contributed by atoms with Crippen LogP contribution in [0, 0.1) is 6.92 Å². The molecule has 6 nitrogen and oxygen atoms in total. The Hall–Kier alpha value is -2.50. The van der Waals surface area contributed by atoms with Crippen molar-refractivity contribution in [2.24, 2.45) is 0 Å². The quantitative estimate of drug-likeness (QED) is 0.939. The first-order chi connectivity index (χ1) is 11.1. The molecule has 1 atom stereocenters. The van der Waals surface area contributed by atoms with Gasteiger partial charge < -0.3 is 19.3 Å². The number of carbonyl (C=O) groups is 1. The highest BCUT2D eigenvalue weighted by atomic mass is 16.6. The van der Waals surface area contributed by atoms with Crippen LogP contribution in [0.5, 0.6) is 11.5 Å². The van der Waals surface area contributed by atoms with Crippen LogP contribution in [0.1, 0.15) is 41.6 Å². The van der Waals surface area contributed by atoms with Crippen LogP contribution in [-0.4, -0.2) is 30.3 Å². The third-order valence-electron chi connectivity index (χ3n) is 3.70. The lowest BCUT2D eigenvalue weighted by Crippen LogP contribution is -2.41. The normalized spacial score (nSPS) is 16.4. The van der Waals surface area contributed by atoms with Crippen LogP contribution < -0.4 is 14.8 Å². The summed E-state index contributed by atoms with van der Waals surface area (Å²) in [7, 11) is 0. The molecule has 0 saturated carbocycles. The zero-order valence-corrected chi connectivity index (χ0v) is 13.5. The number of ether oxygens (including phenoxy) is 2. The number of aryl methyl sites for hydroxylation is 1. The second-order valence-corrected chi connectivity index (χ2v) is 5.87. The number of nitrogens with one attached hydrogen (secondary N) is 1. The standard InChI is InChI=1S/C17H20N2O4/c1-10(2)16-15(11(3)19-23-16)17(20)18-8-12-9-21-13-6-4-5-7-14(13)22-12/h4-7,10,12H,8-9H2,1-3H3,(H,18,20). The van der Waals surface area contributed by atoms with Crippen LogP contribution in [0.3, 0.4) is 0 Å². The summed E-state index contributed by atoms with van der Waals surface area (Å²) in [6.45, 7) is 6.45. The molecule has 1 N–H and O–H groups in total. The molecular weight excluding hydrogens is 296 g/mol. The Morgan fingerprint density at radius 3 is 2.83 bits per heavy atom. The van der Waals surface area contributed by atoms with Gasteiger partial charge in [-0.3, -0.25) is 4.79 Å². The fourth-order valence-corrected chi connectivity index (χ4v) is 2.52. The summed E-state index contributed by atoms with van der Waals surface area (Å²) >= 11 is 0. The first kappa shape index (κ1) is 15.4. The Morgan fingerprint density at radius 2 is 2.09 bits per heavy atom. The lowest BCUT2D eigenvalue weighted by molar-refractivity contribution is 0.0787. The topological polar surface area (TPSA) is 73.6 Å². The van der Waals surface area contributed by atoms with E-state index >= 15 is 0 Å². The summed E-state index contributed by atoms with van der Waals surface area (Å²) < 4.78 is 16.7. The molecule has 0 spiro atoms. The lowest BCUT2D eigenvalue weighted by atomic mass is 10.0. The molecular formula is C17H20N2O4. The predicted octanol–water partition coefficient (Wildman–Crippen LogP) is 2.68. The molecule has 1 aliphatic rings. The molecule has 0 bridgehead atoms. The number of hydrogen-bond acceptors (Lipinski definition) is 5. The van der Waals surface area contributed by atoms with Crippen molar-refractivity contribution in [2.45, 2.75) is 32.8 Å². The Kier molecular flexibility index (Phi) is 4.23. The van der Waals surface area contributed by atoms with Gasteiger partial charge >= 0.3 is 0 Å². The molecule has 1 unspecified atom stereocenters. The minimum atomic E-state index is -0.225. The van der Waals surface area contributed by atoms with E-state index in [1.807, 2.05) is 38.1 Å². The summed E-state index contributed by atoms with van der Waals surface area (Å²) in [5.74, 6) is 1.92. The van der Waals surface area contributed by atoms with Crippen molar-refractivity contribution in [3.8, 4) is 11.5 Å². The highest BCUT2D eigenvalue weighted by Gasteiger charge is 2.25. The van der Waals surface area contributed by atoms with E-state index in [0.29, 0.717) is 35.9 Å². The highest BCUT2D eigenvalue weighted by molar-refractivity contribution is 5.96. The first-order valence-electron chi connectivity index (χ1n) is 7.69. The molecule has 0 radical (unpaired) electrons. The Labute approximate surface area is 134 Å². The van der Waals surface area contributed by atoms with Crippen molar-refractivity contribution in [1.29, 1.82) is 0 Å². The van der Waals surface area contributed by atoms with Gasteiger partial charge in [0.25, 0.3) is 5.91 Å². The Balaban J connectivity index is 1.63. The van der Waals surface area contributed by atoms with Crippen molar-refractivity contribution in [1.82, 2.24) is 10.5 Å². The monoisotopic (exact) mass is 316 g/mol. The number of carbonyl (C=O) groups excluding carboxylic acids is 1. The molecule has 1 aromatic carbocycles. The molecule has 6 heteroatoms. The molecule has 2 aromatic rings. The van der Waals surface area contributed by atoms with E-state index in [4.69, 9.17) is 14.0 Å². The maximum atomic E-state index is 12.4. The van der Waals surface area contributed by atoms with Crippen molar-refractivity contribution in [3.05, 3.63) is 41.3 Å². The lowest BCUT2D eigenvalue weighted by Gasteiger charge is -2.26. The minimum Gasteiger partial charge on any atom is -0.486 e. The van der Waals surface area contributed by atoms with Gasteiger partial charge in [0, 0.05) is 5.92 Å². The Morgan fingerprint density at radius 1 is 1.35 bits per heavy atom. The fourth-order valence-electron chi connectivity index (χ4n) is 2.52. The van der Waals surface area contributed by atoms with Crippen molar-refractivity contribution in [2.75, 3.05) is 13.2 Å². The van der Waals surface area contributed by atoms with Gasteiger partial charge in [-0.2, -0.15) is 0 Å². The average molecular weight is 316 g/mol. The number of amides is 1. The van der Waals surface area contributed by atoms with Crippen LogP contribution in [-0.2, 0) is 0 Å². The van der Waals surface area contributed by atoms with Crippen molar-refractivity contribution in [3.63, 3.8) is 0 Å². The minimum absolute atomic E-state index is 0.0955. The summed E-state index contributed by atoms with van der Waals surface area (Å²) in [5.41, 5.74) is 1.11. The largest absolute Gasteiger partial charge is 0.486 e. The molecule has 1 aromatic heterocycles. The smallest absolute Gasteiger partial charge is 0.256 e. The van der Waals surface area contributed by atoms with Gasteiger partial charge in [0.05, 0.1) is 12.2 Å². The van der Waals surface area contributed by atoms with E-state index in [-0.39, 0.29) is 17.9 Å². The van der Waals surface area contributed by atoms with Crippen molar-refractivity contribution >= 4 is 5.91 Å². The molecule has 3 rings (SSSR count). The van der Waals surface area contributed by atoms with Gasteiger partial charge in [-0.25, -0.2) is 0 Å². The summed E-state index contributed by atoms with van der Waals surface area (Å²) in [4.78, 5) is 12.4. The van der Waals surface area contributed by atoms with Crippen LogP contribution in [0.4, 0.5) is 0 Å². The maximum Gasteiger partial charge on any atom is 0.256 e. The number of benzene rings is 1. The van der Waals surface area contributed by atoms with Gasteiger partial charge in [0.2, 0.25) is 0 Å². The number of para-hydroxylation sites is 2. The van der Waals surface area contributed by atoms with Crippen LogP contribution in [0.25, 0.3) is 0 Å². The predicted molar refractivity (Wildman–Crippen MR) is 84.0 cm³/mol. The van der Waals surface area contributed by atoms with E-state index in [1.54, 1.807) is 6.92 Å². The summed E-state index contributed by atoms with van der Waals surface area (Å²) in [6.07, 6.45) is -0.225. The maximum absolute atomic E-state index is 12.4. The third kappa shape index (κ3) is 3.16. The van der Waals surface area contributed by atoms with Crippen LogP contribution >= 0.6 is 0 Å². The van der Waals surface area contributed by atoms with E-state index in [9.17, 15) is 4.79 Å². The first-order valence-corrected chi connectivity index (χ1v) is 7.69. The third-order valence-corrected chi connectivity index (χ3v) is 3.70. The van der Waals surface area contributed by atoms with Gasteiger partial charge in [-0.05, 0) is 19.1 Å². The molecule has 1 aliphatic heterocycles. The van der Waals surface area contributed by atoms with E-state index < -0.39 is 0 Å². The number of nitrogens with zero attached hydrogens (tertiary/aromatic N) is 1. The average Bonchev–Trinajstić information content (AvgIpc) is 2.94. The highest BCUT2D eigenvalue weighted by Crippen LogP contribution is 2.30. The second kappa shape index (κ2) is 6.32. The Bertz CT molecular complexity index is 708. The molecule has 2 heterocycles. The number of hydrogen-bond donors (Lipinski definition) is 1. The van der Waals surface area contributed by atoms with Gasteiger partial charge in [-0.1, -0.05) is 31.1 Å². The van der Waals surface area contributed by atoms with Crippen LogP contribution in [0.2, 0.25) is 0 Å². The fraction of sp³-hybridized carbons (Fsp3) is 0.412. The van der Waals surface area contributed by atoms with Gasteiger partial charge in [0.15, 0.2) is 17.3 Å². The summed E-state index contributed by atoms with van der Waals surface area (Å²) in [5, 5.41) is 6.77. The molecule has 0 fully saturated rings. The van der Waals surface area contributed by atoms with E-state index in [2.05, 4.69) is 10.5 Å². The van der Waals surface area contributed by atoms with E-state index in [0.717, 1.165) is 5.75 Å². The molecule has 0 aliphatic carbocycles. The van der Waals surface area contributed by atoms with Gasteiger partial charge in [0.1, 0.15) is 18.3 Å². The number of aromatic nitrogens is 1. The number of fused-ring (bicyclic) bond motifs is 1. The van der Waals surface area contributed by atoms with E-state index in [1.165, 1.54) is 0 Å². The molecule has 23 heavy (non-hydrogen) atoms. The zero-order valence-electron chi connectivity index (χ0n) is 13.5. The second-order valence-electron chi connectivity index (χ2n) is 5.87. The number of rotatable bonds is 4. The SMILES string of the molecule is Cc1noc(C(C)C)c1C(=O)NCC1COc2ccccc2O1. The summed E-state index contributed by atoms with van der Waals surface area (Å²) in [6, 6.07) is 7.49. The van der Waals surface area contributed by atoms with Gasteiger partial charge in [-0.15, -0.1) is 0 Å². The molecule has 0 saturated heterocycles. The molecule has 1 amide bonds. The zero-order chi connectivity index (χ0) is 16.4. The molecule has 122 valence electrons. The van der Waals surface area contributed by atoms with Crippen LogP contribution in [0.15, 0.2) is 28.8 Å².